The SMILES string of the molecule is CCC1CC(C)CC(C)(NC)C1. The minimum absolute atomic E-state index is 0.415. The Bertz CT molecular complexity index is 144. The fourth-order valence-electron chi connectivity index (χ4n) is 2.74. The van der Waals surface area contributed by atoms with Crippen molar-refractivity contribution in [3.8, 4) is 0 Å². The topological polar surface area (TPSA) is 12.0 Å². The van der Waals surface area contributed by atoms with Crippen molar-refractivity contribution in [2.24, 2.45) is 11.8 Å². The summed E-state index contributed by atoms with van der Waals surface area (Å²) in [4.78, 5) is 0. The van der Waals surface area contributed by atoms with Crippen LogP contribution in [0.25, 0.3) is 0 Å². The zero-order valence-corrected chi connectivity index (χ0v) is 8.98. The van der Waals surface area contributed by atoms with Crippen molar-refractivity contribution in [2.75, 3.05) is 7.05 Å². The molecule has 0 amide bonds. The summed E-state index contributed by atoms with van der Waals surface area (Å²) in [6.45, 7) is 7.07. The molecule has 0 aromatic heterocycles. The van der Waals surface area contributed by atoms with Gasteiger partial charge in [0.1, 0.15) is 0 Å². The molecule has 0 heterocycles. The summed E-state index contributed by atoms with van der Waals surface area (Å²) in [5.41, 5.74) is 0.415. The highest BCUT2D eigenvalue weighted by molar-refractivity contribution is 4.90. The minimum atomic E-state index is 0.415. The first-order valence-electron chi connectivity index (χ1n) is 5.28. The number of nitrogens with one attached hydrogen (secondary N) is 1. The second kappa shape index (κ2) is 3.78. The Morgan fingerprint density at radius 3 is 2.58 bits per heavy atom. The van der Waals surface area contributed by atoms with E-state index < -0.39 is 0 Å². The molecule has 3 unspecified atom stereocenters. The predicted octanol–water partition coefficient (Wildman–Crippen LogP) is 2.81. The number of rotatable bonds is 2. The molecule has 1 N–H and O–H groups in total. The first-order chi connectivity index (χ1) is 5.59. The lowest BCUT2D eigenvalue weighted by atomic mass is 9.71. The first-order valence-corrected chi connectivity index (χ1v) is 5.28. The van der Waals surface area contributed by atoms with Crippen molar-refractivity contribution in [3.05, 3.63) is 0 Å². The molecule has 1 aliphatic rings. The van der Waals surface area contributed by atoms with Gasteiger partial charge in [-0.3, -0.25) is 0 Å². The molecule has 0 saturated heterocycles. The Balaban J connectivity index is 2.56. The standard InChI is InChI=1S/C11H23N/c1-5-10-6-9(2)7-11(3,8-10)12-4/h9-10,12H,5-8H2,1-4H3. The number of hydrogen-bond donors (Lipinski definition) is 1. The van der Waals surface area contributed by atoms with Crippen LogP contribution in [0.15, 0.2) is 0 Å². The molecule has 0 aliphatic heterocycles. The summed E-state index contributed by atoms with van der Waals surface area (Å²) in [5, 5.41) is 3.48. The van der Waals surface area contributed by atoms with Crippen LogP contribution >= 0.6 is 0 Å². The van der Waals surface area contributed by atoms with Crippen molar-refractivity contribution < 1.29 is 0 Å². The normalized spacial score (nSPS) is 43.0. The van der Waals surface area contributed by atoms with Crippen LogP contribution in [0.2, 0.25) is 0 Å². The zero-order chi connectivity index (χ0) is 9.19. The largest absolute Gasteiger partial charge is 0.315 e. The van der Waals surface area contributed by atoms with Gasteiger partial charge in [0, 0.05) is 5.54 Å². The maximum absolute atomic E-state index is 3.48. The average molecular weight is 169 g/mol. The van der Waals surface area contributed by atoms with Crippen LogP contribution in [0.4, 0.5) is 0 Å². The fraction of sp³-hybridized carbons (Fsp3) is 1.00. The van der Waals surface area contributed by atoms with Crippen molar-refractivity contribution in [1.29, 1.82) is 0 Å². The third-order valence-electron chi connectivity index (χ3n) is 3.45. The van der Waals surface area contributed by atoms with Crippen LogP contribution in [0.1, 0.15) is 46.5 Å². The molecule has 1 fully saturated rings. The van der Waals surface area contributed by atoms with E-state index in [-0.39, 0.29) is 0 Å². The van der Waals surface area contributed by atoms with Crippen molar-refractivity contribution in [3.63, 3.8) is 0 Å². The molecule has 0 aromatic carbocycles. The van der Waals surface area contributed by atoms with Crippen molar-refractivity contribution in [1.82, 2.24) is 5.32 Å². The van der Waals surface area contributed by atoms with Gasteiger partial charge in [0.15, 0.2) is 0 Å². The molecule has 12 heavy (non-hydrogen) atoms. The van der Waals surface area contributed by atoms with Gasteiger partial charge < -0.3 is 5.32 Å². The summed E-state index contributed by atoms with van der Waals surface area (Å²) < 4.78 is 0. The highest BCUT2D eigenvalue weighted by Crippen LogP contribution is 2.36. The van der Waals surface area contributed by atoms with Crippen LogP contribution in [-0.4, -0.2) is 12.6 Å². The summed E-state index contributed by atoms with van der Waals surface area (Å²) in [7, 11) is 2.10. The van der Waals surface area contributed by atoms with Crippen LogP contribution < -0.4 is 5.32 Å². The molecule has 3 atom stereocenters. The minimum Gasteiger partial charge on any atom is -0.315 e. The van der Waals surface area contributed by atoms with E-state index in [4.69, 9.17) is 0 Å². The molecule has 1 nitrogen and oxygen atoms in total. The van der Waals surface area contributed by atoms with Gasteiger partial charge in [0.2, 0.25) is 0 Å². The van der Waals surface area contributed by atoms with Crippen LogP contribution in [0.3, 0.4) is 0 Å². The van der Waals surface area contributed by atoms with Gasteiger partial charge in [-0.2, -0.15) is 0 Å². The summed E-state index contributed by atoms with van der Waals surface area (Å²) >= 11 is 0. The summed E-state index contributed by atoms with van der Waals surface area (Å²) in [6, 6.07) is 0. The van der Waals surface area contributed by atoms with Gasteiger partial charge in [-0.25, -0.2) is 0 Å². The van der Waals surface area contributed by atoms with Gasteiger partial charge in [-0.1, -0.05) is 20.3 Å². The van der Waals surface area contributed by atoms with Crippen molar-refractivity contribution >= 4 is 0 Å². The molecule has 1 heteroatoms. The monoisotopic (exact) mass is 169 g/mol. The van der Waals surface area contributed by atoms with E-state index >= 15 is 0 Å². The Morgan fingerprint density at radius 2 is 2.08 bits per heavy atom. The van der Waals surface area contributed by atoms with Crippen LogP contribution in [0, 0.1) is 11.8 Å². The number of hydrogen-bond acceptors (Lipinski definition) is 1. The molecular weight excluding hydrogens is 146 g/mol. The third-order valence-corrected chi connectivity index (χ3v) is 3.45. The first kappa shape index (κ1) is 10.0. The van der Waals surface area contributed by atoms with E-state index in [9.17, 15) is 0 Å². The van der Waals surface area contributed by atoms with Gasteiger partial charge >= 0.3 is 0 Å². The molecule has 1 rings (SSSR count). The van der Waals surface area contributed by atoms with E-state index in [2.05, 4.69) is 33.1 Å². The van der Waals surface area contributed by atoms with E-state index in [1.807, 2.05) is 0 Å². The lowest BCUT2D eigenvalue weighted by Gasteiger charge is -2.41. The summed E-state index contributed by atoms with van der Waals surface area (Å²) in [6.07, 6.45) is 5.50. The molecule has 0 radical (unpaired) electrons. The van der Waals surface area contributed by atoms with E-state index in [0.717, 1.165) is 11.8 Å². The van der Waals surface area contributed by atoms with Gasteiger partial charge in [-0.05, 0) is 45.1 Å². The Morgan fingerprint density at radius 1 is 1.42 bits per heavy atom. The summed E-state index contributed by atoms with van der Waals surface area (Å²) in [5.74, 6) is 1.85. The quantitative estimate of drug-likeness (QED) is 0.670. The van der Waals surface area contributed by atoms with Gasteiger partial charge in [0.25, 0.3) is 0 Å². The Kier molecular flexibility index (Phi) is 3.16. The Labute approximate surface area is 76.9 Å². The molecular formula is C11H23N. The van der Waals surface area contributed by atoms with Gasteiger partial charge in [-0.15, -0.1) is 0 Å². The van der Waals surface area contributed by atoms with Crippen molar-refractivity contribution in [2.45, 2.75) is 52.0 Å². The predicted molar refractivity (Wildman–Crippen MR) is 54.3 cm³/mol. The molecule has 0 spiro atoms. The third kappa shape index (κ3) is 2.22. The lowest BCUT2D eigenvalue weighted by Crippen LogP contribution is -2.46. The molecule has 72 valence electrons. The molecule has 0 bridgehead atoms. The van der Waals surface area contributed by atoms with E-state index in [0.29, 0.717) is 5.54 Å². The lowest BCUT2D eigenvalue weighted by molar-refractivity contribution is 0.156. The van der Waals surface area contributed by atoms with Gasteiger partial charge in [0.05, 0.1) is 0 Å². The second-order valence-electron chi connectivity index (χ2n) is 4.83. The smallest absolute Gasteiger partial charge is 0.0155 e. The Hall–Kier alpha value is -0.0400. The average Bonchev–Trinajstić information content (AvgIpc) is 2.03. The maximum atomic E-state index is 3.48. The van der Waals surface area contributed by atoms with Crippen LogP contribution in [-0.2, 0) is 0 Å². The van der Waals surface area contributed by atoms with E-state index in [1.54, 1.807) is 0 Å². The molecule has 0 aromatic rings. The van der Waals surface area contributed by atoms with Crippen LogP contribution in [0.5, 0.6) is 0 Å². The van der Waals surface area contributed by atoms with E-state index in [1.165, 1.54) is 25.7 Å². The fourth-order valence-corrected chi connectivity index (χ4v) is 2.74. The zero-order valence-electron chi connectivity index (χ0n) is 8.98. The molecule has 1 aliphatic carbocycles. The highest BCUT2D eigenvalue weighted by Gasteiger charge is 2.33. The maximum Gasteiger partial charge on any atom is 0.0155 e. The molecule has 1 saturated carbocycles. The highest BCUT2D eigenvalue weighted by atomic mass is 14.9. The second-order valence-corrected chi connectivity index (χ2v) is 4.83.